The summed E-state index contributed by atoms with van der Waals surface area (Å²) >= 11 is 0. The summed E-state index contributed by atoms with van der Waals surface area (Å²) in [6, 6.07) is 0. The molecule has 17 heavy (non-hydrogen) atoms. The van der Waals surface area contributed by atoms with E-state index in [1.54, 1.807) is 0 Å². The number of hydrogen-bond acceptors (Lipinski definition) is 2. The van der Waals surface area contributed by atoms with Crippen LogP contribution in [-0.2, 0) is 9.59 Å². The Bertz CT molecular complexity index is 171. The number of hydrogen-bond donors (Lipinski definition) is 2. The van der Waals surface area contributed by atoms with Crippen molar-refractivity contribution >= 4 is 11.8 Å². The summed E-state index contributed by atoms with van der Waals surface area (Å²) < 4.78 is 0. The van der Waals surface area contributed by atoms with Gasteiger partial charge in [-0.3, -0.25) is 9.59 Å². The quantitative estimate of drug-likeness (QED) is 0.707. The lowest BCUT2D eigenvalue weighted by Gasteiger charge is -2.03. The van der Waals surface area contributed by atoms with Crippen LogP contribution in [0.15, 0.2) is 0 Å². The van der Waals surface area contributed by atoms with Crippen LogP contribution in [0.1, 0.15) is 60.8 Å². The van der Waals surface area contributed by atoms with Crippen molar-refractivity contribution < 1.29 is 9.59 Å². The van der Waals surface area contributed by atoms with Crippen LogP contribution in [0.3, 0.4) is 0 Å². The Morgan fingerprint density at radius 2 is 1.47 bits per heavy atom. The Kier molecular flexibility index (Phi) is 25.5. The van der Waals surface area contributed by atoms with Gasteiger partial charge in [-0.25, -0.2) is 0 Å². The van der Waals surface area contributed by atoms with Crippen LogP contribution >= 0.6 is 0 Å². The van der Waals surface area contributed by atoms with Crippen molar-refractivity contribution in [3.05, 3.63) is 0 Å². The second-order valence-corrected chi connectivity index (χ2v) is 2.94. The number of nitrogens with one attached hydrogen (secondary N) is 2. The summed E-state index contributed by atoms with van der Waals surface area (Å²) in [6.07, 6.45) is 2.15. The summed E-state index contributed by atoms with van der Waals surface area (Å²) in [7, 11) is 0. The Labute approximate surface area is 107 Å². The Balaban J connectivity index is -0.000000439. The molecular weight excluding hydrogens is 216 g/mol. The fraction of sp³-hybridized carbons (Fsp3) is 0.846. The highest BCUT2D eigenvalue weighted by Crippen LogP contribution is 1.87. The molecule has 0 fully saturated rings. The molecule has 0 aromatic carbocycles. The Morgan fingerprint density at radius 1 is 0.941 bits per heavy atom. The molecule has 0 aliphatic rings. The minimum atomic E-state index is -0.0473. The first kappa shape index (κ1) is 21.2. The largest absolute Gasteiger partial charge is 0.356 e. The molecule has 0 aliphatic heterocycles. The third-order valence-corrected chi connectivity index (χ3v) is 1.53. The lowest BCUT2D eigenvalue weighted by molar-refractivity contribution is -0.122. The molecule has 0 atom stereocenters. The van der Waals surface area contributed by atoms with Gasteiger partial charge in [-0.1, -0.05) is 34.6 Å². The molecule has 0 unspecified atom stereocenters. The molecule has 2 amide bonds. The minimum absolute atomic E-state index is 0.0473. The van der Waals surface area contributed by atoms with Crippen molar-refractivity contribution in [1.82, 2.24) is 10.6 Å². The van der Waals surface area contributed by atoms with Gasteiger partial charge in [0.05, 0.1) is 0 Å². The summed E-state index contributed by atoms with van der Waals surface area (Å²) in [5.41, 5.74) is 0. The third kappa shape index (κ3) is 25.3. The fourth-order valence-electron chi connectivity index (χ4n) is 0.866. The zero-order valence-electron chi connectivity index (χ0n) is 12.4. The number of rotatable bonds is 6. The third-order valence-electron chi connectivity index (χ3n) is 1.53. The molecule has 4 nitrogen and oxygen atoms in total. The lowest BCUT2D eigenvalue weighted by Crippen LogP contribution is -2.26. The van der Waals surface area contributed by atoms with Gasteiger partial charge in [0.25, 0.3) is 0 Å². The molecule has 0 heterocycles. The first-order valence-corrected chi connectivity index (χ1v) is 6.68. The van der Waals surface area contributed by atoms with E-state index in [0.29, 0.717) is 19.4 Å². The van der Waals surface area contributed by atoms with Gasteiger partial charge in [0.1, 0.15) is 0 Å². The zero-order chi connectivity index (χ0) is 14.1. The number of carbonyl (C=O) groups is 2. The fourth-order valence-corrected chi connectivity index (χ4v) is 0.866. The van der Waals surface area contributed by atoms with Crippen molar-refractivity contribution in [2.75, 3.05) is 13.1 Å². The second-order valence-electron chi connectivity index (χ2n) is 2.94. The van der Waals surface area contributed by atoms with Crippen molar-refractivity contribution in [3.8, 4) is 0 Å². The van der Waals surface area contributed by atoms with Crippen LogP contribution in [-0.4, -0.2) is 24.9 Å². The Hall–Kier alpha value is -1.06. The Morgan fingerprint density at radius 3 is 1.88 bits per heavy atom. The molecule has 104 valence electrons. The molecule has 0 bridgehead atoms. The van der Waals surface area contributed by atoms with Gasteiger partial charge < -0.3 is 10.6 Å². The first-order valence-electron chi connectivity index (χ1n) is 6.68. The van der Waals surface area contributed by atoms with E-state index < -0.39 is 0 Å². The second kappa shape index (κ2) is 20.4. The average Bonchev–Trinajstić information content (AvgIpc) is 2.37. The predicted molar refractivity (Wildman–Crippen MR) is 73.9 cm³/mol. The highest BCUT2D eigenvalue weighted by molar-refractivity contribution is 5.76. The minimum Gasteiger partial charge on any atom is -0.356 e. The van der Waals surface area contributed by atoms with Gasteiger partial charge in [-0.05, 0) is 12.8 Å². The van der Waals surface area contributed by atoms with Crippen molar-refractivity contribution in [2.24, 2.45) is 0 Å². The SMILES string of the molecule is CC.CC.CCCNC(=O)CCCNC(C)=O. The van der Waals surface area contributed by atoms with Crippen molar-refractivity contribution in [1.29, 1.82) is 0 Å². The summed E-state index contributed by atoms with van der Waals surface area (Å²) in [5.74, 6) is 0.0150. The maximum absolute atomic E-state index is 11.0. The van der Waals surface area contributed by atoms with Crippen LogP contribution in [0.5, 0.6) is 0 Å². The van der Waals surface area contributed by atoms with Crippen LogP contribution in [0.2, 0.25) is 0 Å². The van der Waals surface area contributed by atoms with Crippen LogP contribution in [0.25, 0.3) is 0 Å². The molecular formula is C13H30N2O2. The highest BCUT2D eigenvalue weighted by atomic mass is 16.2. The maximum Gasteiger partial charge on any atom is 0.220 e. The average molecular weight is 246 g/mol. The van der Waals surface area contributed by atoms with Gasteiger partial charge in [0, 0.05) is 26.4 Å². The summed E-state index contributed by atoms with van der Waals surface area (Å²) in [5, 5.41) is 5.41. The van der Waals surface area contributed by atoms with Crippen LogP contribution < -0.4 is 10.6 Å². The molecule has 0 saturated heterocycles. The first-order chi connectivity index (χ1) is 8.16. The van der Waals surface area contributed by atoms with Crippen LogP contribution in [0.4, 0.5) is 0 Å². The number of carbonyl (C=O) groups excluding carboxylic acids is 2. The van der Waals surface area contributed by atoms with Gasteiger partial charge >= 0.3 is 0 Å². The van der Waals surface area contributed by atoms with Gasteiger partial charge in [0.15, 0.2) is 0 Å². The normalized spacial score (nSPS) is 7.88. The van der Waals surface area contributed by atoms with Gasteiger partial charge in [-0.2, -0.15) is 0 Å². The zero-order valence-corrected chi connectivity index (χ0v) is 12.4. The van der Waals surface area contributed by atoms with E-state index in [-0.39, 0.29) is 11.8 Å². The van der Waals surface area contributed by atoms with Gasteiger partial charge in [-0.15, -0.1) is 0 Å². The monoisotopic (exact) mass is 246 g/mol. The molecule has 0 spiro atoms. The van der Waals surface area contributed by atoms with Crippen molar-refractivity contribution in [2.45, 2.75) is 60.8 Å². The van der Waals surface area contributed by atoms with E-state index >= 15 is 0 Å². The van der Waals surface area contributed by atoms with Crippen molar-refractivity contribution in [3.63, 3.8) is 0 Å². The predicted octanol–water partition coefficient (Wildman–Crippen LogP) is 2.48. The van der Waals surface area contributed by atoms with Crippen LogP contribution in [0, 0.1) is 0 Å². The topological polar surface area (TPSA) is 58.2 Å². The molecule has 0 aromatic heterocycles. The standard InChI is InChI=1S/C9H18N2O2.2C2H6/c1-3-6-11-9(13)5-4-7-10-8(2)12;2*1-2/h3-7H2,1-2H3,(H,10,12)(H,11,13);2*1-2H3. The van der Waals surface area contributed by atoms with E-state index in [1.165, 1.54) is 6.92 Å². The molecule has 0 radical (unpaired) electrons. The van der Waals surface area contributed by atoms with E-state index in [0.717, 1.165) is 13.0 Å². The smallest absolute Gasteiger partial charge is 0.220 e. The number of amides is 2. The molecule has 2 N–H and O–H groups in total. The molecule has 0 saturated carbocycles. The van der Waals surface area contributed by atoms with E-state index in [2.05, 4.69) is 10.6 Å². The molecule has 0 aromatic rings. The van der Waals surface area contributed by atoms with E-state index in [4.69, 9.17) is 0 Å². The summed E-state index contributed by atoms with van der Waals surface area (Å²) in [6.45, 7) is 12.8. The van der Waals surface area contributed by atoms with Gasteiger partial charge in [0.2, 0.25) is 11.8 Å². The van der Waals surface area contributed by atoms with E-state index in [9.17, 15) is 9.59 Å². The van der Waals surface area contributed by atoms with E-state index in [1.807, 2.05) is 34.6 Å². The maximum atomic E-state index is 11.0. The highest BCUT2D eigenvalue weighted by Gasteiger charge is 1.99. The summed E-state index contributed by atoms with van der Waals surface area (Å²) in [4.78, 5) is 21.5. The molecule has 0 aliphatic carbocycles. The molecule has 0 rings (SSSR count). The lowest BCUT2D eigenvalue weighted by atomic mass is 10.3. The molecule has 4 heteroatoms.